The van der Waals surface area contributed by atoms with Crippen molar-refractivity contribution in [2.24, 2.45) is 0 Å². The number of aliphatic hydroxyl groups excluding tert-OH is 1. The Kier molecular flexibility index (Phi) is 5.23. The number of hydrogen-bond donors (Lipinski definition) is 2. The summed E-state index contributed by atoms with van der Waals surface area (Å²) in [6.45, 7) is 4.71. The lowest BCUT2D eigenvalue weighted by Crippen LogP contribution is -2.15. The van der Waals surface area contributed by atoms with E-state index < -0.39 is 18.7 Å². The van der Waals surface area contributed by atoms with Gasteiger partial charge < -0.3 is 14.8 Å². The number of hydrogen-bond acceptors (Lipinski definition) is 4. The molecule has 1 aromatic heterocycles. The largest absolute Gasteiger partial charge is 0.453 e. The summed E-state index contributed by atoms with van der Waals surface area (Å²) in [5, 5.41) is 10.1. The molecule has 1 heterocycles. The van der Waals surface area contributed by atoms with Crippen LogP contribution in [0.25, 0.3) is 0 Å². The summed E-state index contributed by atoms with van der Waals surface area (Å²) >= 11 is 5.94. The van der Waals surface area contributed by atoms with Crippen LogP contribution in [0.1, 0.15) is 50.7 Å². The second-order valence-electron chi connectivity index (χ2n) is 5.32. The molecule has 0 fully saturated rings. The van der Waals surface area contributed by atoms with Crippen molar-refractivity contribution >= 4 is 23.4 Å². The molecule has 0 aliphatic carbocycles. The smallest absolute Gasteiger partial charge is 0.355 e. The molecule has 2 N–H and O–H groups in total. The molecule has 0 radical (unpaired) electrons. The van der Waals surface area contributed by atoms with Gasteiger partial charge in [0.1, 0.15) is 5.69 Å². The average molecular weight is 336 g/mol. The summed E-state index contributed by atoms with van der Waals surface area (Å²) < 4.78 is 5.07. The first-order valence-electron chi connectivity index (χ1n) is 7.15. The van der Waals surface area contributed by atoms with Crippen LogP contribution >= 0.6 is 11.6 Å². The maximum Gasteiger partial charge on any atom is 0.355 e. The zero-order chi connectivity index (χ0) is 17.1. The van der Waals surface area contributed by atoms with E-state index in [-0.39, 0.29) is 11.5 Å². The molecule has 0 saturated carbocycles. The van der Waals surface area contributed by atoms with E-state index in [1.54, 1.807) is 45.0 Å². The third-order valence-electron chi connectivity index (χ3n) is 3.63. The Balaban J connectivity index is 2.10. The number of halogens is 1. The van der Waals surface area contributed by atoms with E-state index >= 15 is 0 Å². The van der Waals surface area contributed by atoms with Gasteiger partial charge in [-0.05, 0) is 38.5 Å². The minimum atomic E-state index is -0.697. The monoisotopic (exact) mass is 335 g/mol. The number of carbonyl (C=O) groups excluding carboxylic acids is 2. The van der Waals surface area contributed by atoms with Crippen molar-refractivity contribution in [2.75, 3.05) is 6.61 Å². The van der Waals surface area contributed by atoms with Crippen molar-refractivity contribution in [2.45, 2.75) is 26.9 Å². The molecular formula is C17H18ClNO4. The lowest BCUT2D eigenvalue weighted by Gasteiger charge is -2.06. The molecule has 1 atom stereocenters. The summed E-state index contributed by atoms with van der Waals surface area (Å²) in [7, 11) is 0. The average Bonchev–Trinajstić information content (AvgIpc) is 2.80. The quantitative estimate of drug-likeness (QED) is 0.648. The molecule has 0 unspecified atom stereocenters. The Hall–Kier alpha value is -2.11. The van der Waals surface area contributed by atoms with E-state index in [1.165, 1.54) is 0 Å². The van der Waals surface area contributed by atoms with Gasteiger partial charge in [0.15, 0.2) is 6.61 Å². The number of esters is 1. The van der Waals surface area contributed by atoms with Crippen LogP contribution in [-0.4, -0.2) is 28.4 Å². The van der Waals surface area contributed by atoms with Gasteiger partial charge in [0, 0.05) is 16.8 Å². The lowest BCUT2D eigenvalue weighted by atomic mass is 10.1. The minimum absolute atomic E-state index is 0.241. The topological polar surface area (TPSA) is 79.4 Å². The van der Waals surface area contributed by atoms with Crippen molar-refractivity contribution in [1.82, 2.24) is 4.98 Å². The predicted octanol–water partition coefficient (Wildman–Crippen LogP) is 3.38. The van der Waals surface area contributed by atoms with Crippen LogP contribution in [0, 0.1) is 13.8 Å². The van der Waals surface area contributed by atoms with Gasteiger partial charge in [0.05, 0.1) is 11.1 Å². The first-order chi connectivity index (χ1) is 10.8. The molecule has 0 aliphatic rings. The number of benzene rings is 1. The van der Waals surface area contributed by atoms with Crippen molar-refractivity contribution in [1.29, 1.82) is 0 Å². The lowest BCUT2D eigenvalue weighted by molar-refractivity contribution is 0.0468. The van der Waals surface area contributed by atoms with Gasteiger partial charge in [0.2, 0.25) is 5.78 Å². The fraction of sp³-hybridized carbons (Fsp3) is 0.294. The predicted molar refractivity (Wildman–Crippen MR) is 87.0 cm³/mol. The first-order valence-corrected chi connectivity index (χ1v) is 7.52. The SMILES string of the molecule is Cc1[nH]c(C(=O)OCC(=O)c2ccccc2Cl)c(C)c1[C@H](C)O. The third-order valence-corrected chi connectivity index (χ3v) is 3.96. The van der Waals surface area contributed by atoms with E-state index in [0.717, 1.165) is 0 Å². The van der Waals surface area contributed by atoms with E-state index in [9.17, 15) is 14.7 Å². The number of ketones is 1. The van der Waals surface area contributed by atoms with Crippen molar-refractivity contribution in [3.63, 3.8) is 0 Å². The number of Topliss-reactive ketones (excluding diaryl/α,β-unsaturated/α-hetero) is 1. The van der Waals surface area contributed by atoms with Crippen LogP contribution in [0.5, 0.6) is 0 Å². The summed E-state index contributed by atoms with van der Waals surface area (Å²) in [5.41, 5.74) is 2.53. The van der Waals surface area contributed by atoms with Gasteiger partial charge in [-0.25, -0.2) is 4.79 Å². The van der Waals surface area contributed by atoms with Crippen LogP contribution < -0.4 is 0 Å². The molecule has 0 bridgehead atoms. The number of aliphatic hydroxyl groups is 1. The van der Waals surface area contributed by atoms with E-state index in [1.807, 2.05) is 0 Å². The van der Waals surface area contributed by atoms with Crippen LogP contribution in [0.4, 0.5) is 0 Å². The Bertz CT molecular complexity index is 749. The summed E-state index contributed by atoms with van der Waals surface area (Å²) in [6.07, 6.45) is -0.697. The second kappa shape index (κ2) is 6.98. The van der Waals surface area contributed by atoms with Crippen molar-refractivity contribution < 1.29 is 19.4 Å². The van der Waals surface area contributed by atoms with Gasteiger partial charge in [-0.1, -0.05) is 23.7 Å². The van der Waals surface area contributed by atoms with Crippen LogP contribution in [0.15, 0.2) is 24.3 Å². The molecule has 0 amide bonds. The van der Waals surface area contributed by atoms with Gasteiger partial charge in [0.25, 0.3) is 0 Å². The normalized spacial score (nSPS) is 12.0. The molecule has 2 rings (SSSR count). The molecule has 0 aliphatic heterocycles. The molecular weight excluding hydrogens is 318 g/mol. The number of carbonyl (C=O) groups is 2. The molecule has 5 nitrogen and oxygen atoms in total. The van der Waals surface area contributed by atoms with Gasteiger partial charge >= 0.3 is 5.97 Å². The number of nitrogens with one attached hydrogen (secondary N) is 1. The highest BCUT2D eigenvalue weighted by Crippen LogP contribution is 2.25. The standard InChI is InChI=1S/C17H18ClNO4/c1-9-15(11(3)20)10(2)19-16(9)17(22)23-8-14(21)12-6-4-5-7-13(12)18/h4-7,11,19-20H,8H2,1-3H3/t11-/m0/s1. The Labute approximate surface area is 139 Å². The van der Waals surface area contributed by atoms with E-state index in [2.05, 4.69) is 4.98 Å². The van der Waals surface area contributed by atoms with Gasteiger partial charge in [-0.15, -0.1) is 0 Å². The molecule has 6 heteroatoms. The summed E-state index contributed by atoms with van der Waals surface area (Å²) in [4.78, 5) is 27.1. The zero-order valence-corrected chi connectivity index (χ0v) is 13.9. The molecule has 2 aromatic rings. The molecule has 122 valence electrons. The summed E-state index contributed by atoms with van der Waals surface area (Å²) in [6, 6.07) is 6.58. The van der Waals surface area contributed by atoms with Crippen LogP contribution in [0.3, 0.4) is 0 Å². The number of aryl methyl sites for hydroxylation is 1. The maximum atomic E-state index is 12.2. The highest BCUT2D eigenvalue weighted by molar-refractivity contribution is 6.34. The number of rotatable bonds is 5. The fourth-order valence-electron chi connectivity index (χ4n) is 2.56. The maximum absolute atomic E-state index is 12.2. The number of aromatic nitrogens is 1. The first kappa shape index (κ1) is 17.2. The molecule has 23 heavy (non-hydrogen) atoms. The third kappa shape index (κ3) is 3.63. The van der Waals surface area contributed by atoms with Gasteiger partial charge in [-0.2, -0.15) is 0 Å². The van der Waals surface area contributed by atoms with Crippen LogP contribution in [0.2, 0.25) is 5.02 Å². The number of ether oxygens (including phenoxy) is 1. The van der Waals surface area contributed by atoms with Gasteiger partial charge in [-0.3, -0.25) is 4.79 Å². The fourth-order valence-corrected chi connectivity index (χ4v) is 2.80. The highest BCUT2D eigenvalue weighted by atomic mass is 35.5. The number of H-pyrrole nitrogens is 1. The Morgan fingerprint density at radius 1 is 1.30 bits per heavy atom. The zero-order valence-electron chi connectivity index (χ0n) is 13.1. The molecule has 1 aromatic carbocycles. The van der Waals surface area contributed by atoms with E-state index in [0.29, 0.717) is 27.4 Å². The number of aromatic amines is 1. The second-order valence-corrected chi connectivity index (χ2v) is 5.73. The molecule has 0 spiro atoms. The Morgan fingerprint density at radius 3 is 2.52 bits per heavy atom. The van der Waals surface area contributed by atoms with E-state index in [4.69, 9.17) is 16.3 Å². The molecule has 0 saturated heterocycles. The van der Waals surface area contributed by atoms with Crippen LogP contribution in [-0.2, 0) is 4.74 Å². The van der Waals surface area contributed by atoms with Crippen molar-refractivity contribution in [3.8, 4) is 0 Å². The Morgan fingerprint density at radius 2 is 1.96 bits per heavy atom. The highest BCUT2D eigenvalue weighted by Gasteiger charge is 2.22. The minimum Gasteiger partial charge on any atom is -0.453 e. The van der Waals surface area contributed by atoms with Crippen molar-refractivity contribution in [3.05, 3.63) is 57.4 Å². The summed E-state index contributed by atoms with van der Waals surface area (Å²) in [5.74, 6) is -1.02.